The highest BCUT2D eigenvalue weighted by molar-refractivity contribution is 5.87. The molecule has 0 radical (unpaired) electrons. The molecule has 1 aliphatic carbocycles. The first-order chi connectivity index (χ1) is 13.2. The molecule has 1 unspecified atom stereocenters. The SMILES string of the molecule is C=CC(=O)N1CCc2nc(-c3ccc(C4CCC4)cc3)n3c2C(C1)NCC3. The van der Waals surface area contributed by atoms with Crippen LogP contribution in [0.1, 0.15) is 48.2 Å². The molecule has 140 valence electrons. The molecule has 1 saturated carbocycles. The van der Waals surface area contributed by atoms with Gasteiger partial charge in [0.05, 0.1) is 17.4 Å². The van der Waals surface area contributed by atoms with Crippen molar-refractivity contribution in [2.45, 2.75) is 44.2 Å². The summed E-state index contributed by atoms with van der Waals surface area (Å²) in [5, 5.41) is 3.58. The van der Waals surface area contributed by atoms with Crippen LogP contribution in [0.5, 0.6) is 0 Å². The van der Waals surface area contributed by atoms with Gasteiger partial charge < -0.3 is 14.8 Å². The molecule has 5 heteroatoms. The number of carbonyl (C=O) groups is 1. The van der Waals surface area contributed by atoms with Crippen LogP contribution in [0.25, 0.3) is 11.4 Å². The van der Waals surface area contributed by atoms with Crippen LogP contribution in [-0.2, 0) is 17.8 Å². The lowest BCUT2D eigenvalue weighted by Crippen LogP contribution is -2.41. The predicted molar refractivity (Wildman–Crippen MR) is 105 cm³/mol. The second kappa shape index (κ2) is 6.64. The first-order valence-corrected chi connectivity index (χ1v) is 10.1. The van der Waals surface area contributed by atoms with Crippen LogP contribution in [0.4, 0.5) is 0 Å². The molecule has 0 bridgehead atoms. The number of hydrogen-bond donors (Lipinski definition) is 1. The summed E-state index contributed by atoms with van der Waals surface area (Å²) in [4.78, 5) is 19.0. The Morgan fingerprint density at radius 3 is 2.74 bits per heavy atom. The largest absolute Gasteiger partial charge is 0.337 e. The highest BCUT2D eigenvalue weighted by atomic mass is 16.2. The van der Waals surface area contributed by atoms with E-state index < -0.39 is 0 Å². The molecule has 27 heavy (non-hydrogen) atoms. The monoisotopic (exact) mass is 362 g/mol. The van der Waals surface area contributed by atoms with E-state index in [2.05, 4.69) is 40.7 Å². The minimum atomic E-state index is 0.00545. The van der Waals surface area contributed by atoms with E-state index in [4.69, 9.17) is 4.98 Å². The second-order valence-electron chi connectivity index (χ2n) is 7.91. The Hall–Kier alpha value is -2.40. The summed E-state index contributed by atoms with van der Waals surface area (Å²) < 4.78 is 2.37. The van der Waals surface area contributed by atoms with Crippen molar-refractivity contribution in [3.63, 3.8) is 0 Å². The van der Waals surface area contributed by atoms with Gasteiger partial charge in [-0.3, -0.25) is 4.79 Å². The zero-order chi connectivity index (χ0) is 18.4. The van der Waals surface area contributed by atoms with Crippen molar-refractivity contribution in [2.24, 2.45) is 0 Å². The van der Waals surface area contributed by atoms with Crippen LogP contribution in [-0.4, -0.2) is 40.0 Å². The van der Waals surface area contributed by atoms with Gasteiger partial charge in [-0.15, -0.1) is 0 Å². The molecular formula is C22H26N4O. The molecule has 3 heterocycles. The van der Waals surface area contributed by atoms with E-state index in [0.717, 1.165) is 36.9 Å². The quantitative estimate of drug-likeness (QED) is 0.854. The summed E-state index contributed by atoms with van der Waals surface area (Å²) in [7, 11) is 0. The van der Waals surface area contributed by atoms with Gasteiger partial charge in [0, 0.05) is 38.2 Å². The van der Waals surface area contributed by atoms with Gasteiger partial charge >= 0.3 is 0 Å². The number of amides is 1. The van der Waals surface area contributed by atoms with Crippen molar-refractivity contribution in [1.29, 1.82) is 0 Å². The maximum atomic E-state index is 12.1. The summed E-state index contributed by atoms with van der Waals surface area (Å²) in [6, 6.07) is 9.20. The third kappa shape index (κ3) is 2.81. The number of benzene rings is 1. The number of imidazole rings is 1. The zero-order valence-electron chi connectivity index (χ0n) is 15.7. The molecule has 3 aliphatic rings. The fraction of sp³-hybridized carbons (Fsp3) is 0.455. The average Bonchev–Trinajstić information content (AvgIpc) is 2.92. The van der Waals surface area contributed by atoms with Crippen molar-refractivity contribution >= 4 is 5.91 Å². The molecule has 2 aliphatic heterocycles. The predicted octanol–water partition coefficient (Wildman–Crippen LogP) is 3.03. The van der Waals surface area contributed by atoms with E-state index in [1.807, 2.05) is 4.90 Å². The van der Waals surface area contributed by atoms with Crippen LogP contribution >= 0.6 is 0 Å². The summed E-state index contributed by atoms with van der Waals surface area (Å²) >= 11 is 0. The van der Waals surface area contributed by atoms with Crippen molar-refractivity contribution in [1.82, 2.24) is 19.8 Å². The van der Waals surface area contributed by atoms with Crippen molar-refractivity contribution in [3.05, 3.63) is 53.9 Å². The third-order valence-corrected chi connectivity index (χ3v) is 6.39. The molecule has 1 atom stereocenters. The molecular weight excluding hydrogens is 336 g/mol. The fourth-order valence-electron chi connectivity index (χ4n) is 4.66. The van der Waals surface area contributed by atoms with Gasteiger partial charge in [-0.1, -0.05) is 37.3 Å². The van der Waals surface area contributed by atoms with Gasteiger partial charge in [-0.25, -0.2) is 4.98 Å². The summed E-state index contributed by atoms with van der Waals surface area (Å²) in [5.74, 6) is 1.84. The van der Waals surface area contributed by atoms with E-state index in [-0.39, 0.29) is 11.9 Å². The van der Waals surface area contributed by atoms with Gasteiger partial charge in [0.2, 0.25) is 5.91 Å². The van der Waals surface area contributed by atoms with Gasteiger partial charge in [-0.2, -0.15) is 0 Å². The van der Waals surface area contributed by atoms with Crippen LogP contribution in [0.15, 0.2) is 36.9 Å². The molecule has 0 spiro atoms. The maximum Gasteiger partial charge on any atom is 0.246 e. The molecule has 5 nitrogen and oxygen atoms in total. The van der Waals surface area contributed by atoms with E-state index >= 15 is 0 Å². The lowest BCUT2D eigenvalue weighted by atomic mass is 9.80. The number of rotatable bonds is 3. The van der Waals surface area contributed by atoms with E-state index in [1.54, 1.807) is 0 Å². The highest BCUT2D eigenvalue weighted by Crippen LogP contribution is 2.37. The summed E-state index contributed by atoms with van der Waals surface area (Å²) in [6.07, 6.45) is 6.23. The minimum absolute atomic E-state index is 0.00545. The van der Waals surface area contributed by atoms with E-state index in [1.165, 1.54) is 42.2 Å². The molecule has 1 amide bonds. The second-order valence-corrected chi connectivity index (χ2v) is 7.91. The normalized spacial score (nSPS) is 21.9. The molecule has 1 N–H and O–H groups in total. The number of carbonyl (C=O) groups excluding carboxylic acids is 1. The van der Waals surface area contributed by atoms with Crippen LogP contribution in [0.2, 0.25) is 0 Å². The maximum absolute atomic E-state index is 12.1. The molecule has 0 saturated heterocycles. The fourth-order valence-corrected chi connectivity index (χ4v) is 4.66. The Labute approximate surface area is 160 Å². The molecule has 1 aromatic carbocycles. The number of hydrogen-bond acceptors (Lipinski definition) is 3. The average molecular weight is 362 g/mol. The number of nitrogens with zero attached hydrogens (tertiary/aromatic N) is 3. The molecule has 1 fully saturated rings. The molecule has 5 rings (SSSR count). The van der Waals surface area contributed by atoms with Crippen LogP contribution in [0.3, 0.4) is 0 Å². The van der Waals surface area contributed by atoms with E-state index in [0.29, 0.717) is 13.1 Å². The smallest absolute Gasteiger partial charge is 0.246 e. The minimum Gasteiger partial charge on any atom is -0.337 e. The summed E-state index contributed by atoms with van der Waals surface area (Å²) in [5.41, 5.74) is 5.06. The Bertz CT molecular complexity index is 878. The van der Waals surface area contributed by atoms with Crippen molar-refractivity contribution in [3.8, 4) is 11.4 Å². The lowest BCUT2D eigenvalue weighted by Gasteiger charge is -2.30. The van der Waals surface area contributed by atoms with Crippen LogP contribution < -0.4 is 5.32 Å². The molecule has 1 aromatic heterocycles. The zero-order valence-corrected chi connectivity index (χ0v) is 15.7. The van der Waals surface area contributed by atoms with Crippen molar-refractivity contribution < 1.29 is 4.79 Å². The molecule has 2 aromatic rings. The first-order valence-electron chi connectivity index (χ1n) is 10.1. The van der Waals surface area contributed by atoms with Gasteiger partial charge in [0.25, 0.3) is 0 Å². The Morgan fingerprint density at radius 2 is 2.04 bits per heavy atom. The van der Waals surface area contributed by atoms with Gasteiger partial charge in [0.1, 0.15) is 5.82 Å². The van der Waals surface area contributed by atoms with E-state index in [9.17, 15) is 4.79 Å². The van der Waals surface area contributed by atoms with Gasteiger partial charge in [-0.05, 0) is 30.4 Å². The van der Waals surface area contributed by atoms with Crippen LogP contribution in [0, 0.1) is 0 Å². The Kier molecular flexibility index (Phi) is 4.12. The highest BCUT2D eigenvalue weighted by Gasteiger charge is 2.33. The van der Waals surface area contributed by atoms with Crippen molar-refractivity contribution in [2.75, 3.05) is 19.6 Å². The van der Waals surface area contributed by atoms with Gasteiger partial charge in [0.15, 0.2) is 0 Å². The standard InChI is InChI=1S/C22H26N4O/c1-2-20(27)25-12-10-18-21-19(14-25)23-11-13-26(21)22(24-18)17-8-6-16(7-9-17)15-4-3-5-15/h2,6-9,15,19,23H,1,3-5,10-14H2. The number of nitrogens with one attached hydrogen (secondary N) is 1. The number of aromatic nitrogens is 2. The third-order valence-electron chi connectivity index (χ3n) is 6.39. The Balaban J connectivity index is 1.48. The first kappa shape index (κ1) is 16.8. The lowest BCUT2D eigenvalue weighted by molar-refractivity contribution is -0.126. The Morgan fingerprint density at radius 1 is 1.22 bits per heavy atom. The topological polar surface area (TPSA) is 50.2 Å². The summed E-state index contributed by atoms with van der Waals surface area (Å²) in [6.45, 7) is 6.85.